The van der Waals surface area contributed by atoms with Crippen molar-refractivity contribution in [2.75, 3.05) is 26.8 Å². The predicted octanol–water partition coefficient (Wildman–Crippen LogP) is 2.26. The number of methoxy groups -OCH3 is 1. The van der Waals surface area contributed by atoms with Crippen LogP contribution in [0.25, 0.3) is 5.69 Å². The molecule has 5 heteroatoms. The van der Waals surface area contributed by atoms with Crippen molar-refractivity contribution in [1.29, 1.82) is 0 Å². The van der Waals surface area contributed by atoms with E-state index in [0.717, 1.165) is 36.9 Å². The summed E-state index contributed by atoms with van der Waals surface area (Å²) < 4.78 is 13.0. The molecule has 1 aliphatic heterocycles. The molecule has 1 aromatic heterocycles. The van der Waals surface area contributed by atoms with Crippen LogP contribution in [0.5, 0.6) is 11.5 Å². The molecule has 1 unspecified atom stereocenters. The minimum Gasteiger partial charge on any atom is -0.494 e. The highest BCUT2D eigenvalue weighted by Gasteiger charge is 2.14. The van der Waals surface area contributed by atoms with Crippen molar-refractivity contribution in [1.82, 2.24) is 15.1 Å². The van der Waals surface area contributed by atoms with E-state index < -0.39 is 0 Å². The molecule has 0 aliphatic carbocycles. The van der Waals surface area contributed by atoms with Crippen molar-refractivity contribution in [3.63, 3.8) is 0 Å². The molecule has 112 valence electrons. The van der Waals surface area contributed by atoms with Crippen molar-refractivity contribution in [2.45, 2.75) is 12.8 Å². The van der Waals surface area contributed by atoms with Gasteiger partial charge in [-0.05, 0) is 31.5 Å². The molecule has 2 aromatic rings. The average molecular weight is 287 g/mol. The van der Waals surface area contributed by atoms with E-state index in [9.17, 15) is 0 Å². The van der Waals surface area contributed by atoms with Gasteiger partial charge in [0.1, 0.15) is 11.4 Å². The van der Waals surface area contributed by atoms with Crippen LogP contribution in [-0.2, 0) is 0 Å². The number of nitrogens with one attached hydrogen (secondary N) is 1. The lowest BCUT2D eigenvalue weighted by atomic mass is 10.0. The summed E-state index contributed by atoms with van der Waals surface area (Å²) in [4.78, 5) is 0. The van der Waals surface area contributed by atoms with Crippen LogP contribution >= 0.6 is 0 Å². The largest absolute Gasteiger partial charge is 0.494 e. The Kier molecular flexibility index (Phi) is 4.40. The zero-order valence-electron chi connectivity index (χ0n) is 12.3. The van der Waals surface area contributed by atoms with Crippen LogP contribution in [0.15, 0.2) is 36.7 Å². The molecule has 0 spiro atoms. The summed E-state index contributed by atoms with van der Waals surface area (Å²) in [5.74, 6) is 2.18. The van der Waals surface area contributed by atoms with E-state index in [0.29, 0.717) is 5.92 Å². The lowest BCUT2D eigenvalue weighted by molar-refractivity contribution is 0.218. The van der Waals surface area contributed by atoms with Crippen LogP contribution in [-0.4, -0.2) is 36.6 Å². The summed E-state index contributed by atoms with van der Waals surface area (Å²) in [7, 11) is 1.66. The number of nitrogens with zero attached hydrogens (tertiary/aromatic N) is 2. The SMILES string of the molecule is COc1ccccc1-n1cc(OCC2CCCNC2)cn1. The van der Waals surface area contributed by atoms with Crippen molar-refractivity contribution in [2.24, 2.45) is 5.92 Å². The Labute approximate surface area is 124 Å². The first-order valence-electron chi connectivity index (χ1n) is 7.38. The maximum absolute atomic E-state index is 5.86. The fraction of sp³-hybridized carbons (Fsp3) is 0.438. The second-order valence-corrected chi connectivity index (χ2v) is 5.32. The van der Waals surface area contributed by atoms with Crippen molar-refractivity contribution >= 4 is 0 Å². The van der Waals surface area contributed by atoms with E-state index in [2.05, 4.69) is 10.4 Å². The third-order valence-corrected chi connectivity index (χ3v) is 3.78. The van der Waals surface area contributed by atoms with Crippen molar-refractivity contribution < 1.29 is 9.47 Å². The van der Waals surface area contributed by atoms with Crippen LogP contribution < -0.4 is 14.8 Å². The van der Waals surface area contributed by atoms with Gasteiger partial charge >= 0.3 is 0 Å². The minimum absolute atomic E-state index is 0.591. The third kappa shape index (κ3) is 3.36. The number of rotatable bonds is 5. The van der Waals surface area contributed by atoms with Crippen molar-refractivity contribution in [3.05, 3.63) is 36.7 Å². The molecule has 1 aliphatic rings. The quantitative estimate of drug-likeness (QED) is 0.916. The molecule has 5 nitrogen and oxygen atoms in total. The summed E-state index contributed by atoms with van der Waals surface area (Å²) >= 11 is 0. The lowest BCUT2D eigenvalue weighted by Gasteiger charge is -2.22. The van der Waals surface area contributed by atoms with Gasteiger partial charge in [-0.3, -0.25) is 0 Å². The molecular formula is C16H21N3O2. The molecule has 1 fully saturated rings. The molecule has 1 saturated heterocycles. The number of para-hydroxylation sites is 2. The van der Waals surface area contributed by atoms with Gasteiger partial charge in [0, 0.05) is 12.5 Å². The Morgan fingerprint density at radius 2 is 2.29 bits per heavy atom. The summed E-state index contributed by atoms with van der Waals surface area (Å²) in [6, 6.07) is 7.80. The zero-order chi connectivity index (χ0) is 14.5. The normalized spacial score (nSPS) is 18.4. The van der Waals surface area contributed by atoms with E-state index in [1.54, 1.807) is 18.0 Å². The van der Waals surface area contributed by atoms with E-state index in [1.807, 2.05) is 30.5 Å². The number of aromatic nitrogens is 2. The predicted molar refractivity (Wildman–Crippen MR) is 81.2 cm³/mol. The number of hydrogen-bond acceptors (Lipinski definition) is 4. The van der Waals surface area contributed by atoms with Crippen LogP contribution in [0.4, 0.5) is 0 Å². The molecule has 3 rings (SSSR count). The van der Waals surface area contributed by atoms with Gasteiger partial charge in [0.05, 0.1) is 26.1 Å². The van der Waals surface area contributed by atoms with E-state index >= 15 is 0 Å². The van der Waals surface area contributed by atoms with Crippen LogP contribution in [0.3, 0.4) is 0 Å². The maximum Gasteiger partial charge on any atom is 0.157 e. The van der Waals surface area contributed by atoms with Gasteiger partial charge < -0.3 is 14.8 Å². The summed E-state index contributed by atoms with van der Waals surface area (Å²) in [6.45, 7) is 2.91. The summed E-state index contributed by atoms with van der Waals surface area (Å²) in [5.41, 5.74) is 0.911. The van der Waals surface area contributed by atoms with Crippen molar-refractivity contribution in [3.8, 4) is 17.2 Å². The molecule has 1 N–H and O–H groups in total. The molecule has 0 radical (unpaired) electrons. The highest BCUT2D eigenvalue weighted by Crippen LogP contribution is 2.23. The number of ether oxygens (including phenoxy) is 2. The van der Waals surface area contributed by atoms with E-state index in [4.69, 9.17) is 9.47 Å². The van der Waals surface area contributed by atoms with Gasteiger partial charge in [-0.25, -0.2) is 4.68 Å². The monoisotopic (exact) mass is 287 g/mol. The first-order chi connectivity index (χ1) is 10.4. The zero-order valence-corrected chi connectivity index (χ0v) is 12.3. The molecule has 1 aromatic carbocycles. The first-order valence-corrected chi connectivity index (χ1v) is 7.38. The van der Waals surface area contributed by atoms with Gasteiger partial charge in [0.15, 0.2) is 5.75 Å². The fourth-order valence-corrected chi connectivity index (χ4v) is 2.61. The van der Waals surface area contributed by atoms with Gasteiger partial charge in [-0.15, -0.1) is 0 Å². The Morgan fingerprint density at radius 1 is 1.38 bits per heavy atom. The molecular weight excluding hydrogens is 266 g/mol. The second kappa shape index (κ2) is 6.63. The Morgan fingerprint density at radius 3 is 3.10 bits per heavy atom. The molecule has 21 heavy (non-hydrogen) atoms. The molecule has 1 atom stereocenters. The van der Waals surface area contributed by atoms with E-state index in [1.165, 1.54) is 12.8 Å². The Bertz CT molecular complexity index is 576. The molecule has 0 saturated carbocycles. The Hall–Kier alpha value is -2.01. The topological polar surface area (TPSA) is 48.3 Å². The highest BCUT2D eigenvalue weighted by molar-refractivity contribution is 5.46. The first kappa shape index (κ1) is 13.9. The van der Waals surface area contributed by atoms with Crippen LogP contribution in [0.2, 0.25) is 0 Å². The molecule has 2 heterocycles. The van der Waals surface area contributed by atoms with Gasteiger partial charge in [-0.2, -0.15) is 5.10 Å². The molecule has 0 bridgehead atoms. The lowest BCUT2D eigenvalue weighted by Crippen LogP contribution is -2.32. The average Bonchev–Trinajstić information content (AvgIpc) is 3.02. The fourth-order valence-electron chi connectivity index (χ4n) is 2.61. The second-order valence-electron chi connectivity index (χ2n) is 5.32. The number of benzene rings is 1. The Balaban J connectivity index is 1.65. The third-order valence-electron chi connectivity index (χ3n) is 3.78. The number of hydrogen-bond donors (Lipinski definition) is 1. The van der Waals surface area contributed by atoms with Crippen LogP contribution in [0, 0.1) is 5.92 Å². The minimum atomic E-state index is 0.591. The van der Waals surface area contributed by atoms with E-state index in [-0.39, 0.29) is 0 Å². The van der Waals surface area contributed by atoms with Gasteiger partial charge in [0.2, 0.25) is 0 Å². The van der Waals surface area contributed by atoms with Gasteiger partial charge in [0.25, 0.3) is 0 Å². The number of piperidine rings is 1. The summed E-state index contributed by atoms with van der Waals surface area (Å²) in [5, 5.41) is 7.75. The maximum atomic E-state index is 5.86. The van der Waals surface area contributed by atoms with Gasteiger partial charge in [-0.1, -0.05) is 12.1 Å². The standard InChI is InChI=1S/C16H21N3O2/c1-20-16-7-3-2-6-15(16)19-11-14(10-18-19)21-12-13-5-4-8-17-9-13/h2-3,6-7,10-11,13,17H,4-5,8-9,12H2,1H3. The smallest absolute Gasteiger partial charge is 0.157 e. The highest BCUT2D eigenvalue weighted by atomic mass is 16.5. The molecule has 0 amide bonds. The summed E-state index contributed by atoms with van der Waals surface area (Å²) in [6.07, 6.45) is 6.11. The van der Waals surface area contributed by atoms with Crippen LogP contribution in [0.1, 0.15) is 12.8 Å².